The lowest BCUT2D eigenvalue weighted by atomic mass is 9.92. The van der Waals surface area contributed by atoms with Crippen LogP contribution in [-0.4, -0.2) is 28.1 Å². The van der Waals surface area contributed by atoms with E-state index in [1.54, 1.807) is 7.11 Å². The maximum atomic E-state index is 5.86. The summed E-state index contributed by atoms with van der Waals surface area (Å²) in [6, 6.07) is 0.853. The Morgan fingerprint density at radius 1 is 1.47 bits per heavy atom. The van der Waals surface area contributed by atoms with Gasteiger partial charge < -0.3 is 10.5 Å². The van der Waals surface area contributed by atoms with E-state index in [-0.39, 0.29) is 0 Å². The van der Waals surface area contributed by atoms with Crippen molar-refractivity contribution in [2.24, 2.45) is 5.73 Å². The fourth-order valence-corrected chi connectivity index (χ4v) is 2.07. The van der Waals surface area contributed by atoms with Gasteiger partial charge in [-0.1, -0.05) is 5.21 Å². The minimum atomic E-state index is 0.378. The Hall–Kier alpha value is -0.940. The highest BCUT2D eigenvalue weighted by Gasteiger charge is 2.20. The molecule has 1 aliphatic carbocycles. The first kappa shape index (κ1) is 10.6. The van der Waals surface area contributed by atoms with Crippen LogP contribution in [0.1, 0.15) is 37.4 Å². The lowest BCUT2D eigenvalue weighted by Gasteiger charge is -2.25. The van der Waals surface area contributed by atoms with E-state index < -0.39 is 0 Å². The topological polar surface area (TPSA) is 66.0 Å². The lowest BCUT2D eigenvalue weighted by Crippen LogP contribution is -2.28. The van der Waals surface area contributed by atoms with Crippen molar-refractivity contribution in [1.29, 1.82) is 0 Å². The first-order valence-corrected chi connectivity index (χ1v) is 5.45. The lowest BCUT2D eigenvalue weighted by molar-refractivity contribution is 0.181. The van der Waals surface area contributed by atoms with E-state index in [1.807, 2.05) is 10.9 Å². The summed E-state index contributed by atoms with van der Waals surface area (Å²) in [7, 11) is 1.67. The molecule has 0 amide bonds. The Morgan fingerprint density at radius 3 is 2.87 bits per heavy atom. The van der Waals surface area contributed by atoms with Crippen molar-refractivity contribution in [2.75, 3.05) is 7.11 Å². The van der Waals surface area contributed by atoms with Gasteiger partial charge in [-0.25, -0.2) is 4.68 Å². The van der Waals surface area contributed by atoms with Crippen LogP contribution in [0.2, 0.25) is 0 Å². The molecule has 1 fully saturated rings. The molecule has 1 heterocycles. The number of hydrogen-bond donors (Lipinski definition) is 1. The maximum Gasteiger partial charge on any atom is 0.108 e. The second kappa shape index (κ2) is 4.72. The summed E-state index contributed by atoms with van der Waals surface area (Å²) < 4.78 is 6.97. The predicted octanol–water partition coefficient (Wildman–Crippen LogP) is 0.867. The van der Waals surface area contributed by atoms with Crippen molar-refractivity contribution >= 4 is 0 Å². The van der Waals surface area contributed by atoms with Crippen LogP contribution in [0.5, 0.6) is 0 Å². The molecule has 5 nitrogen and oxygen atoms in total. The molecule has 0 aromatic carbocycles. The van der Waals surface area contributed by atoms with Gasteiger partial charge in [0.25, 0.3) is 0 Å². The highest BCUT2D eigenvalue weighted by molar-refractivity contribution is 4.92. The fourth-order valence-electron chi connectivity index (χ4n) is 2.07. The third-order valence-corrected chi connectivity index (χ3v) is 2.97. The van der Waals surface area contributed by atoms with Crippen LogP contribution in [0, 0.1) is 0 Å². The predicted molar refractivity (Wildman–Crippen MR) is 56.2 cm³/mol. The van der Waals surface area contributed by atoms with E-state index in [2.05, 4.69) is 10.3 Å². The van der Waals surface area contributed by atoms with Crippen molar-refractivity contribution in [1.82, 2.24) is 15.0 Å². The molecule has 1 saturated carbocycles. The summed E-state index contributed by atoms with van der Waals surface area (Å²) in [6.45, 7) is 0.534. The normalized spacial score (nSPS) is 26.8. The molecule has 0 atom stereocenters. The quantitative estimate of drug-likeness (QED) is 0.803. The van der Waals surface area contributed by atoms with Crippen LogP contribution >= 0.6 is 0 Å². The molecule has 1 aromatic rings. The monoisotopic (exact) mass is 210 g/mol. The number of ether oxygens (including phenoxy) is 1. The smallest absolute Gasteiger partial charge is 0.108 e. The standard InChI is InChI=1S/C10H18N4O/c1-15-7-9-6-14(13-12-9)10-4-2-8(11)3-5-10/h6,8,10H,2-5,7,11H2,1H3. The number of hydrogen-bond acceptors (Lipinski definition) is 4. The third-order valence-electron chi connectivity index (χ3n) is 2.97. The van der Waals surface area contributed by atoms with E-state index in [0.717, 1.165) is 31.4 Å². The molecular formula is C10H18N4O. The Balaban J connectivity index is 1.96. The molecule has 84 valence electrons. The molecule has 15 heavy (non-hydrogen) atoms. The summed E-state index contributed by atoms with van der Waals surface area (Å²) in [4.78, 5) is 0. The second-order valence-corrected chi connectivity index (χ2v) is 4.19. The summed E-state index contributed by atoms with van der Waals surface area (Å²) in [5.41, 5.74) is 6.76. The van der Waals surface area contributed by atoms with Gasteiger partial charge in [-0.05, 0) is 25.7 Å². The summed E-state index contributed by atoms with van der Waals surface area (Å²) in [5, 5.41) is 8.19. The summed E-state index contributed by atoms with van der Waals surface area (Å²) >= 11 is 0. The zero-order valence-electron chi connectivity index (χ0n) is 9.09. The maximum absolute atomic E-state index is 5.86. The van der Waals surface area contributed by atoms with E-state index in [9.17, 15) is 0 Å². The Bertz CT molecular complexity index is 304. The zero-order valence-corrected chi connectivity index (χ0v) is 9.09. The highest BCUT2D eigenvalue weighted by atomic mass is 16.5. The van der Waals surface area contributed by atoms with Crippen LogP contribution in [0.15, 0.2) is 6.20 Å². The van der Waals surface area contributed by atoms with Crippen molar-refractivity contribution in [3.8, 4) is 0 Å². The van der Waals surface area contributed by atoms with E-state index in [1.165, 1.54) is 0 Å². The van der Waals surface area contributed by atoms with Crippen LogP contribution in [0.3, 0.4) is 0 Å². The molecule has 0 spiro atoms. The summed E-state index contributed by atoms with van der Waals surface area (Å²) in [5.74, 6) is 0. The average Bonchev–Trinajstić information content (AvgIpc) is 2.68. The molecule has 2 rings (SSSR count). The molecule has 0 radical (unpaired) electrons. The summed E-state index contributed by atoms with van der Waals surface area (Å²) in [6.07, 6.45) is 6.37. The minimum Gasteiger partial charge on any atom is -0.378 e. The van der Waals surface area contributed by atoms with Gasteiger partial charge in [0.05, 0.1) is 18.8 Å². The first-order chi connectivity index (χ1) is 7.29. The van der Waals surface area contributed by atoms with Gasteiger partial charge in [-0.15, -0.1) is 5.10 Å². The van der Waals surface area contributed by atoms with Crippen LogP contribution in [-0.2, 0) is 11.3 Å². The molecule has 1 aliphatic rings. The third kappa shape index (κ3) is 2.54. The largest absolute Gasteiger partial charge is 0.378 e. The van der Waals surface area contributed by atoms with E-state index in [0.29, 0.717) is 18.7 Å². The van der Waals surface area contributed by atoms with E-state index >= 15 is 0 Å². The molecule has 2 N–H and O–H groups in total. The molecule has 0 aliphatic heterocycles. The highest BCUT2D eigenvalue weighted by Crippen LogP contribution is 2.26. The number of nitrogens with two attached hydrogens (primary N) is 1. The first-order valence-electron chi connectivity index (χ1n) is 5.45. The van der Waals surface area contributed by atoms with Gasteiger partial charge in [0.1, 0.15) is 5.69 Å². The number of rotatable bonds is 3. The number of nitrogens with zero attached hydrogens (tertiary/aromatic N) is 3. The number of methoxy groups -OCH3 is 1. The minimum absolute atomic E-state index is 0.378. The zero-order chi connectivity index (χ0) is 10.7. The van der Waals surface area contributed by atoms with Gasteiger partial charge in [-0.3, -0.25) is 0 Å². The van der Waals surface area contributed by atoms with Gasteiger partial charge in [0.2, 0.25) is 0 Å². The molecule has 0 unspecified atom stereocenters. The Morgan fingerprint density at radius 2 is 2.20 bits per heavy atom. The van der Waals surface area contributed by atoms with Gasteiger partial charge in [0.15, 0.2) is 0 Å². The van der Waals surface area contributed by atoms with Crippen LogP contribution in [0.4, 0.5) is 0 Å². The average molecular weight is 210 g/mol. The van der Waals surface area contributed by atoms with Gasteiger partial charge in [-0.2, -0.15) is 0 Å². The van der Waals surface area contributed by atoms with Crippen LogP contribution in [0.25, 0.3) is 0 Å². The van der Waals surface area contributed by atoms with Crippen LogP contribution < -0.4 is 5.73 Å². The number of aromatic nitrogens is 3. The molecular weight excluding hydrogens is 192 g/mol. The molecule has 1 aromatic heterocycles. The SMILES string of the molecule is COCc1cn(C2CCC(N)CC2)nn1. The second-order valence-electron chi connectivity index (χ2n) is 4.19. The van der Waals surface area contributed by atoms with Gasteiger partial charge in [0, 0.05) is 13.2 Å². The Kier molecular flexibility index (Phi) is 3.33. The van der Waals surface area contributed by atoms with Crippen molar-refractivity contribution in [2.45, 2.75) is 44.4 Å². The molecule has 0 saturated heterocycles. The van der Waals surface area contributed by atoms with Gasteiger partial charge >= 0.3 is 0 Å². The van der Waals surface area contributed by atoms with Crippen molar-refractivity contribution in [3.63, 3.8) is 0 Å². The Labute approximate surface area is 89.6 Å². The van der Waals surface area contributed by atoms with Crippen molar-refractivity contribution in [3.05, 3.63) is 11.9 Å². The fraction of sp³-hybridized carbons (Fsp3) is 0.800. The van der Waals surface area contributed by atoms with E-state index in [4.69, 9.17) is 10.5 Å². The molecule has 5 heteroatoms. The van der Waals surface area contributed by atoms with Crippen molar-refractivity contribution < 1.29 is 4.74 Å². The molecule has 0 bridgehead atoms.